The SMILES string of the molecule is NC(=NC1CC(c2ccccc2F)C1)N1CCSCC1. The summed E-state index contributed by atoms with van der Waals surface area (Å²) < 4.78 is 13.7. The Morgan fingerprint density at radius 2 is 1.95 bits per heavy atom. The third-order valence-electron chi connectivity index (χ3n) is 4.11. The Hall–Kier alpha value is -1.23. The van der Waals surface area contributed by atoms with Gasteiger partial charge in [0.1, 0.15) is 5.82 Å². The van der Waals surface area contributed by atoms with Crippen LogP contribution in [0.3, 0.4) is 0 Å². The van der Waals surface area contributed by atoms with Crippen LogP contribution in [0, 0.1) is 5.82 Å². The van der Waals surface area contributed by atoms with Crippen LogP contribution >= 0.6 is 11.8 Å². The number of rotatable bonds is 2. The van der Waals surface area contributed by atoms with Crippen molar-refractivity contribution in [2.24, 2.45) is 10.7 Å². The molecule has 1 heterocycles. The molecule has 3 nitrogen and oxygen atoms in total. The minimum Gasteiger partial charge on any atom is -0.370 e. The van der Waals surface area contributed by atoms with E-state index in [1.54, 1.807) is 6.07 Å². The predicted molar refractivity (Wildman–Crippen MR) is 82.7 cm³/mol. The third kappa shape index (κ3) is 2.92. The van der Waals surface area contributed by atoms with Crippen LogP contribution in [0.5, 0.6) is 0 Å². The summed E-state index contributed by atoms with van der Waals surface area (Å²) in [6, 6.07) is 7.31. The highest BCUT2D eigenvalue weighted by Gasteiger charge is 2.32. The molecule has 2 fully saturated rings. The number of guanidine groups is 1. The van der Waals surface area contributed by atoms with E-state index in [1.165, 1.54) is 6.07 Å². The standard InChI is InChI=1S/C15H20FN3S/c16-14-4-2-1-3-13(14)11-9-12(10-11)18-15(17)19-5-7-20-8-6-19/h1-4,11-12H,5-10H2,(H2,17,18). The molecule has 1 aliphatic carbocycles. The lowest BCUT2D eigenvalue weighted by molar-refractivity contribution is 0.337. The van der Waals surface area contributed by atoms with Gasteiger partial charge in [-0.3, -0.25) is 0 Å². The van der Waals surface area contributed by atoms with Gasteiger partial charge in [0.15, 0.2) is 5.96 Å². The summed E-state index contributed by atoms with van der Waals surface area (Å²) in [6.07, 6.45) is 1.81. The molecule has 0 radical (unpaired) electrons. The Labute approximate surface area is 123 Å². The maximum Gasteiger partial charge on any atom is 0.191 e. The molecule has 0 aromatic heterocycles. The molecule has 5 heteroatoms. The molecule has 2 N–H and O–H groups in total. The van der Waals surface area contributed by atoms with Gasteiger partial charge < -0.3 is 10.6 Å². The van der Waals surface area contributed by atoms with Crippen molar-refractivity contribution in [2.75, 3.05) is 24.6 Å². The summed E-state index contributed by atoms with van der Waals surface area (Å²) in [5.74, 6) is 3.12. The summed E-state index contributed by atoms with van der Waals surface area (Å²) in [6.45, 7) is 1.98. The van der Waals surface area contributed by atoms with Crippen molar-refractivity contribution in [1.82, 2.24) is 4.90 Å². The smallest absolute Gasteiger partial charge is 0.191 e. The molecule has 1 aromatic rings. The van der Waals surface area contributed by atoms with Crippen molar-refractivity contribution in [2.45, 2.75) is 24.8 Å². The molecule has 1 aliphatic heterocycles. The van der Waals surface area contributed by atoms with Crippen LogP contribution in [0.4, 0.5) is 4.39 Å². The topological polar surface area (TPSA) is 41.6 Å². The molecular formula is C15H20FN3S. The number of nitrogens with zero attached hydrogens (tertiary/aromatic N) is 2. The van der Waals surface area contributed by atoms with E-state index in [9.17, 15) is 4.39 Å². The predicted octanol–water partition coefficient (Wildman–Crippen LogP) is 2.44. The molecule has 0 spiro atoms. The molecule has 1 saturated heterocycles. The van der Waals surface area contributed by atoms with E-state index in [0.29, 0.717) is 11.9 Å². The maximum atomic E-state index is 13.7. The fraction of sp³-hybridized carbons (Fsp3) is 0.533. The van der Waals surface area contributed by atoms with Crippen LogP contribution in [0.2, 0.25) is 0 Å². The second-order valence-corrected chi connectivity index (χ2v) is 6.66. The maximum absolute atomic E-state index is 13.7. The van der Waals surface area contributed by atoms with Crippen molar-refractivity contribution in [3.8, 4) is 0 Å². The third-order valence-corrected chi connectivity index (χ3v) is 5.05. The van der Waals surface area contributed by atoms with Gasteiger partial charge in [0.2, 0.25) is 0 Å². The minimum atomic E-state index is -0.0963. The van der Waals surface area contributed by atoms with E-state index < -0.39 is 0 Å². The number of benzene rings is 1. The first-order valence-electron chi connectivity index (χ1n) is 7.14. The Morgan fingerprint density at radius 3 is 2.65 bits per heavy atom. The fourth-order valence-electron chi connectivity index (χ4n) is 2.81. The van der Waals surface area contributed by atoms with Crippen molar-refractivity contribution < 1.29 is 4.39 Å². The van der Waals surface area contributed by atoms with Crippen molar-refractivity contribution in [1.29, 1.82) is 0 Å². The molecule has 1 aromatic carbocycles. The minimum absolute atomic E-state index is 0.0963. The zero-order chi connectivity index (χ0) is 13.9. The summed E-state index contributed by atoms with van der Waals surface area (Å²) in [4.78, 5) is 6.76. The first-order chi connectivity index (χ1) is 9.74. The Bertz CT molecular complexity index is 494. The first kappa shape index (κ1) is 13.7. The molecule has 0 unspecified atom stereocenters. The molecule has 0 atom stereocenters. The highest BCUT2D eigenvalue weighted by molar-refractivity contribution is 7.99. The zero-order valence-corrected chi connectivity index (χ0v) is 12.3. The second kappa shape index (κ2) is 6.04. The number of nitrogens with two attached hydrogens (primary N) is 1. The van der Waals surface area contributed by atoms with E-state index >= 15 is 0 Å². The highest BCUT2D eigenvalue weighted by atomic mass is 32.2. The number of aliphatic imine (C=N–C) groups is 1. The summed E-state index contributed by atoms with van der Waals surface area (Å²) in [7, 11) is 0. The van der Waals surface area contributed by atoms with Gasteiger partial charge in [-0.05, 0) is 30.4 Å². The fourth-order valence-corrected chi connectivity index (χ4v) is 3.72. The molecule has 20 heavy (non-hydrogen) atoms. The van der Waals surface area contributed by atoms with Crippen molar-refractivity contribution in [3.05, 3.63) is 35.6 Å². The number of halogens is 1. The molecule has 108 valence electrons. The van der Waals surface area contributed by atoms with Crippen LogP contribution in [0.15, 0.2) is 29.3 Å². The van der Waals surface area contributed by atoms with E-state index in [4.69, 9.17) is 5.73 Å². The van der Waals surface area contributed by atoms with E-state index in [2.05, 4.69) is 9.89 Å². The van der Waals surface area contributed by atoms with Gasteiger partial charge >= 0.3 is 0 Å². The molecule has 2 aliphatic rings. The van der Waals surface area contributed by atoms with E-state index in [1.807, 2.05) is 23.9 Å². The monoisotopic (exact) mass is 293 g/mol. The van der Waals surface area contributed by atoms with Gasteiger partial charge in [0, 0.05) is 24.6 Å². The quantitative estimate of drug-likeness (QED) is 0.672. The zero-order valence-electron chi connectivity index (χ0n) is 11.5. The van der Waals surface area contributed by atoms with Gasteiger partial charge in [-0.15, -0.1) is 0 Å². The van der Waals surface area contributed by atoms with Gasteiger partial charge in [-0.2, -0.15) is 11.8 Å². The summed E-state index contributed by atoms with van der Waals surface area (Å²) >= 11 is 1.96. The van der Waals surface area contributed by atoms with Crippen LogP contribution in [0.1, 0.15) is 24.3 Å². The molecule has 1 saturated carbocycles. The Kier molecular flexibility index (Phi) is 4.15. The van der Waals surface area contributed by atoms with Gasteiger partial charge in [-0.1, -0.05) is 18.2 Å². The average Bonchev–Trinajstić information content (AvgIpc) is 2.44. The lowest BCUT2D eigenvalue weighted by atomic mass is 9.76. The number of hydrogen-bond donors (Lipinski definition) is 1. The van der Waals surface area contributed by atoms with E-state index in [-0.39, 0.29) is 11.9 Å². The lowest BCUT2D eigenvalue weighted by Crippen LogP contribution is -2.44. The number of thioether (sulfide) groups is 1. The molecule has 0 bridgehead atoms. The average molecular weight is 293 g/mol. The van der Waals surface area contributed by atoms with Gasteiger partial charge in [0.25, 0.3) is 0 Å². The second-order valence-electron chi connectivity index (χ2n) is 5.43. The van der Waals surface area contributed by atoms with Crippen molar-refractivity contribution in [3.63, 3.8) is 0 Å². The lowest BCUT2D eigenvalue weighted by Gasteiger charge is -2.35. The van der Waals surface area contributed by atoms with Crippen LogP contribution in [-0.4, -0.2) is 41.5 Å². The Morgan fingerprint density at radius 1 is 1.25 bits per heavy atom. The first-order valence-corrected chi connectivity index (χ1v) is 8.30. The molecule has 3 rings (SSSR count). The van der Waals surface area contributed by atoms with Crippen LogP contribution in [0.25, 0.3) is 0 Å². The van der Waals surface area contributed by atoms with Crippen LogP contribution in [-0.2, 0) is 0 Å². The molecular weight excluding hydrogens is 273 g/mol. The Balaban J connectivity index is 1.56. The highest BCUT2D eigenvalue weighted by Crippen LogP contribution is 2.39. The van der Waals surface area contributed by atoms with Gasteiger partial charge in [-0.25, -0.2) is 9.38 Å². The summed E-state index contributed by atoms with van der Waals surface area (Å²) in [5, 5.41) is 0. The number of hydrogen-bond acceptors (Lipinski definition) is 2. The van der Waals surface area contributed by atoms with Crippen molar-refractivity contribution >= 4 is 17.7 Å². The van der Waals surface area contributed by atoms with Crippen LogP contribution < -0.4 is 5.73 Å². The normalized spacial score (nSPS) is 27.2. The summed E-state index contributed by atoms with van der Waals surface area (Å²) in [5.41, 5.74) is 6.89. The van der Waals surface area contributed by atoms with E-state index in [0.717, 1.165) is 43.0 Å². The molecule has 0 amide bonds. The largest absolute Gasteiger partial charge is 0.370 e. The van der Waals surface area contributed by atoms with Gasteiger partial charge in [0.05, 0.1) is 6.04 Å².